The number of pyridine rings is 1. The molecule has 2 fully saturated rings. The Morgan fingerprint density at radius 1 is 1.11 bits per heavy atom. The lowest BCUT2D eigenvalue weighted by Gasteiger charge is -2.47. The number of para-hydroxylation sites is 1. The second kappa shape index (κ2) is 6.05. The third-order valence-corrected chi connectivity index (χ3v) is 5.53. The number of carbonyl (C=O) groups excluding carboxylic acids is 2. The maximum Gasteiger partial charge on any atom is 0.315 e. The molecule has 3 amide bonds. The van der Waals surface area contributed by atoms with Crippen molar-refractivity contribution in [2.45, 2.75) is 12.5 Å². The zero-order chi connectivity index (χ0) is 19.3. The van der Waals surface area contributed by atoms with Crippen molar-refractivity contribution >= 4 is 22.8 Å². The summed E-state index contributed by atoms with van der Waals surface area (Å²) in [5.74, 6) is -0.0289. The Labute approximate surface area is 162 Å². The lowest BCUT2D eigenvalue weighted by atomic mass is 9.89. The summed E-state index contributed by atoms with van der Waals surface area (Å²) in [5.41, 5.74) is 4.07. The number of rotatable bonds is 2. The molecule has 0 atom stereocenters. The lowest BCUT2D eigenvalue weighted by molar-refractivity contribution is 0.0399. The molecule has 2 saturated heterocycles. The molecule has 5 rings (SSSR count). The zero-order valence-electron chi connectivity index (χ0n) is 15.5. The topological polar surface area (TPSA) is 74.3 Å². The molecular formula is C22H20N4O2. The first-order chi connectivity index (χ1) is 13.5. The highest BCUT2D eigenvalue weighted by atomic mass is 16.2. The second-order valence-electron chi connectivity index (χ2n) is 7.69. The Hall–Kier alpha value is -3.41. The molecule has 6 heteroatoms. The second-order valence-corrected chi connectivity index (χ2v) is 7.69. The Morgan fingerprint density at radius 2 is 1.86 bits per heavy atom. The molecule has 2 aromatic carbocycles. The van der Waals surface area contributed by atoms with Crippen LogP contribution in [0.3, 0.4) is 0 Å². The van der Waals surface area contributed by atoms with Crippen molar-refractivity contribution < 1.29 is 9.59 Å². The largest absolute Gasteiger partial charge is 0.336 e. The number of urea groups is 1. The average molecular weight is 372 g/mol. The van der Waals surface area contributed by atoms with Gasteiger partial charge < -0.3 is 15.5 Å². The fourth-order valence-corrected chi connectivity index (χ4v) is 3.99. The molecule has 28 heavy (non-hydrogen) atoms. The smallest absolute Gasteiger partial charge is 0.315 e. The van der Waals surface area contributed by atoms with E-state index in [-0.39, 0.29) is 17.5 Å². The van der Waals surface area contributed by atoms with E-state index in [1.54, 1.807) is 4.90 Å². The van der Waals surface area contributed by atoms with Crippen LogP contribution in [0.15, 0.2) is 54.6 Å². The van der Waals surface area contributed by atoms with Gasteiger partial charge in [-0.1, -0.05) is 48.0 Å². The summed E-state index contributed by atoms with van der Waals surface area (Å²) in [6.07, 6.45) is 0. The van der Waals surface area contributed by atoms with Gasteiger partial charge in [-0.05, 0) is 19.1 Å². The maximum absolute atomic E-state index is 13.3. The third-order valence-electron chi connectivity index (χ3n) is 5.53. The molecule has 0 bridgehead atoms. The monoisotopic (exact) mass is 372 g/mol. The van der Waals surface area contributed by atoms with Crippen molar-refractivity contribution in [1.29, 1.82) is 0 Å². The number of amides is 3. The van der Waals surface area contributed by atoms with Crippen molar-refractivity contribution in [2.75, 3.05) is 19.6 Å². The zero-order valence-corrected chi connectivity index (χ0v) is 15.5. The number of fused-ring (bicyclic) bond motifs is 1. The molecule has 3 heterocycles. The first kappa shape index (κ1) is 16.7. The van der Waals surface area contributed by atoms with E-state index in [0.717, 1.165) is 22.2 Å². The number of carbonyl (C=O) groups is 2. The van der Waals surface area contributed by atoms with Crippen molar-refractivity contribution in [2.24, 2.45) is 0 Å². The van der Waals surface area contributed by atoms with Gasteiger partial charge >= 0.3 is 6.03 Å². The summed E-state index contributed by atoms with van der Waals surface area (Å²) in [6, 6.07) is 17.6. The molecule has 0 saturated carbocycles. The number of nitrogens with one attached hydrogen (secondary N) is 2. The Kier molecular flexibility index (Phi) is 3.62. The molecule has 0 aliphatic carbocycles. The quantitative estimate of drug-likeness (QED) is 0.726. The van der Waals surface area contributed by atoms with Crippen molar-refractivity contribution in [3.05, 3.63) is 65.7 Å². The van der Waals surface area contributed by atoms with Gasteiger partial charge in [0.15, 0.2) is 0 Å². The van der Waals surface area contributed by atoms with Crippen molar-refractivity contribution in [3.8, 4) is 11.3 Å². The van der Waals surface area contributed by atoms with Crippen molar-refractivity contribution in [1.82, 2.24) is 20.5 Å². The van der Waals surface area contributed by atoms with Crippen LogP contribution >= 0.6 is 0 Å². The summed E-state index contributed by atoms with van der Waals surface area (Å²) in [6.45, 7) is 3.63. The molecular weight excluding hydrogens is 352 g/mol. The van der Waals surface area contributed by atoms with E-state index >= 15 is 0 Å². The molecule has 1 aromatic heterocycles. The van der Waals surface area contributed by atoms with Crippen LogP contribution in [-0.2, 0) is 0 Å². The SMILES string of the molecule is Cc1ccc(-c2cc(C(=O)N3CC4(CNC(=O)N4)C3)c3ccccc3n2)cc1. The number of hydrogen-bond acceptors (Lipinski definition) is 3. The van der Waals surface area contributed by atoms with Gasteiger partial charge in [-0.15, -0.1) is 0 Å². The lowest BCUT2D eigenvalue weighted by Crippen LogP contribution is -2.70. The van der Waals surface area contributed by atoms with Crippen LogP contribution in [0, 0.1) is 6.92 Å². The van der Waals surface area contributed by atoms with Gasteiger partial charge in [0.2, 0.25) is 0 Å². The molecule has 6 nitrogen and oxygen atoms in total. The van der Waals surface area contributed by atoms with E-state index in [2.05, 4.69) is 10.6 Å². The van der Waals surface area contributed by atoms with E-state index in [1.165, 1.54) is 5.56 Å². The van der Waals surface area contributed by atoms with Gasteiger partial charge in [-0.25, -0.2) is 9.78 Å². The van der Waals surface area contributed by atoms with Crippen LogP contribution in [0.5, 0.6) is 0 Å². The van der Waals surface area contributed by atoms with E-state index in [0.29, 0.717) is 25.2 Å². The number of aromatic nitrogens is 1. The first-order valence-corrected chi connectivity index (χ1v) is 9.35. The van der Waals surface area contributed by atoms with Gasteiger partial charge in [-0.3, -0.25) is 4.79 Å². The normalized spacial score (nSPS) is 17.3. The van der Waals surface area contributed by atoms with Gasteiger partial charge in [-0.2, -0.15) is 0 Å². The summed E-state index contributed by atoms with van der Waals surface area (Å²) >= 11 is 0. The fraction of sp³-hybridized carbons (Fsp3) is 0.227. The van der Waals surface area contributed by atoms with E-state index in [9.17, 15) is 9.59 Å². The molecule has 3 aromatic rings. The predicted octanol–water partition coefficient (Wildman–Crippen LogP) is 2.72. The fourth-order valence-electron chi connectivity index (χ4n) is 3.99. The van der Waals surface area contributed by atoms with Gasteiger partial charge in [0.1, 0.15) is 0 Å². The van der Waals surface area contributed by atoms with E-state index in [1.807, 2.05) is 61.5 Å². The highest BCUT2D eigenvalue weighted by Gasteiger charge is 2.49. The average Bonchev–Trinajstić information content (AvgIpc) is 3.08. The van der Waals surface area contributed by atoms with Crippen LogP contribution in [-0.4, -0.2) is 47.0 Å². The number of aryl methyl sites for hydroxylation is 1. The number of benzene rings is 2. The molecule has 1 spiro atoms. The Balaban J connectivity index is 1.52. The van der Waals surface area contributed by atoms with Crippen LogP contribution in [0.2, 0.25) is 0 Å². The standard InChI is InChI=1S/C22H20N4O2/c1-14-6-8-15(9-7-14)19-10-17(16-4-2-3-5-18(16)24-19)20(27)26-12-22(13-26)11-23-21(28)25-22/h2-10H,11-13H2,1H3,(H2,23,25,28). The summed E-state index contributed by atoms with van der Waals surface area (Å²) in [5, 5.41) is 6.55. The van der Waals surface area contributed by atoms with Crippen LogP contribution in [0.1, 0.15) is 15.9 Å². The van der Waals surface area contributed by atoms with E-state index < -0.39 is 0 Å². The van der Waals surface area contributed by atoms with Crippen LogP contribution < -0.4 is 10.6 Å². The Morgan fingerprint density at radius 3 is 2.57 bits per heavy atom. The molecule has 2 aliphatic heterocycles. The van der Waals surface area contributed by atoms with Gasteiger partial charge in [0.25, 0.3) is 5.91 Å². The first-order valence-electron chi connectivity index (χ1n) is 9.35. The van der Waals surface area contributed by atoms with Gasteiger partial charge in [0.05, 0.1) is 22.3 Å². The highest BCUT2D eigenvalue weighted by Crippen LogP contribution is 2.30. The van der Waals surface area contributed by atoms with E-state index in [4.69, 9.17) is 4.98 Å². The number of nitrogens with zero attached hydrogens (tertiary/aromatic N) is 2. The summed E-state index contributed by atoms with van der Waals surface area (Å²) < 4.78 is 0. The highest BCUT2D eigenvalue weighted by molar-refractivity contribution is 6.07. The van der Waals surface area contributed by atoms with Crippen molar-refractivity contribution in [3.63, 3.8) is 0 Å². The number of likely N-dealkylation sites (tertiary alicyclic amines) is 1. The molecule has 0 radical (unpaired) electrons. The molecule has 2 N–H and O–H groups in total. The minimum absolute atomic E-state index is 0.0289. The minimum atomic E-state index is -0.324. The summed E-state index contributed by atoms with van der Waals surface area (Å²) in [4.78, 5) is 31.3. The molecule has 2 aliphatic rings. The number of hydrogen-bond donors (Lipinski definition) is 2. The predicted molar refractivity (Wildman–Crippen MR) is 107 cm³/mol. The Bertz CT molecular complexity index is 1100. The molecule has 140 valence electrons. The van der Waals surface area contributed by atoms with Crippen LogP contribution in [0.4, 0.5) is 4.79 Å². The van der Waals surface area contributed by atoms with Crippen LogP contribution in [0.25, 0.3) is 22.2 Å². The summed E-state index contributed by atoms with van der Waals surface area (Å²) in [7, 11) is 0. The minimum Gasteiger partial charge on any atom is -0.336 e. The maximum atomic E-state index is 13.3. The van der Waals surface area contributed by atoms with Gasteiger partial charge in [0, 0.05) is 30.6 Å². The molecule has 0 unspecified atom stereocenters. The third kappa shape index (κ3) is 2.69.